The molecule has 0 aliphatic heterocycles. The molecule has 0 saturated carbocycles. The SMILES string of the molecule is CCCCCCCCCCCCCCCCN(C)N(C)CC(=O)O. The highest BCUT2D eigenvalue weighted by molar-refractivity contribution is 5.68. The van der Waals surface area contributed by atoms with E-state index >= 15 is 0 Å². The predicted molar refractivity (Wildman–Crippen MR) is 103 cm³/mol. The molecule has 0 aromatic heterocycles. The molecule has 4 heteroatoms. The lowest BCUT2D eigenvalue weighted by atomic mass is 10.0. The van der Waals surface area contributed by atoms with Crippen molar-refractivity contribution in [1.82, 2.24) is 10.0 Å². The molecular weight excluding hydrogens is 300 g/mol. The number of unbranched alkanes of at least 4 members (excludes halogenated alkanes) is 13. The average Bonchev–Trinajstić information content (AvgIpc) is 2.54. The third kappa shape index (κ3) is 16.3. The summed E-state index contributed by atoms with van der Waals surface area (Å²) in [5, 5.41) is 12.5. The maximum Gasteiger partial charge on any atom is 0.319 e. The Morgan fingerprint density at radius 1 is 0.667 bits per heavy atom. The molecule has 0 unspecified atom stereocenters. The van der Waals surface area contributed by atoms with Gasteiger partial charge in [0.15, 0.2) is 0 Å². The van der Waals surface area contributed by atoms with Gasteiger partial charge in [0.25, 0.3) is 0 Å². The Labute approximate surface area is 150 Å². The molecule has 0 atom stereocenters. The number of hydrazine groups is 1. The van der Waals surface area contributed by atoms with Gasteiger partial charge in [0.2, 0.25) is 0 Å². The molecule has 0 saturated heterocycles. The van der Waals surface area contributed by atoms with Gasteiger partial charge in [-0.25, -0.2) is 10.0 Å². The first-order valence-corrected chi connectivity index (χ1v) is 10.2. The van der Waals surface area contributed by atoms with Gasteiger partial charge in [-0.2, -0.15) is 0 Å². The van der Waals surface area contributed by atoms with Crippen LogP contribution < -0.4 is 0 Å². The van der Waals surface area contributed by atoms with Gasteiger partial charge < -0.3 is 5.11 Å². The summed E-state index contributed by atoms with van der Waals surface area (Å²) in [7, 11) is 3.79. The lowest BCUT2D eigenvalue weighted by Crippen LogP contribution is -2.40. The minimum atomic E-state index is -0.773. The standard InChI is InChI=1S/C20H42N2O2/c1-4-5-6-7-8-9-10-11-12-13-14-15-16-17-18-21(2)22(3)19-20(23)24/h4-19H2,1-3H3,(H,23,24). The number of carboxylic acids is 1. The van der Waals surface area contributed by atoms with E-state index in [9.17, 15) is 4.79 Å². The van der Waals surface area contributed by atoms with Crippen molar-refractivity contribution in [2.75, 3.05) is 27.2 Å². The van der Waals surface area contributed by atoms with Crippen molar-refractivity contribution in [2.45, 2.75) is 96.8 Å². The van der Waals surface area contributed by atoms with Crippen LogP contribution in [0.5, 0.6) is 0 Å². The highest BCUT2D eigenvalue weighted by atomic mass is 16.4. The fraction of sp³-hybridized carbons (Fsp3) is 0.950. The second-order valence-corrected chi connectivity index (χ2v) is 7.19. The number of nitrogens with zero attached hydrogens (tertiary/aromatic N) is 2. The highest BCUT2D eigenvalue weighted by Gasteiger charge is 2.08. The van der Waals surface area contributed by atoms with Gasteiger partial charge in [0.1, 0.15) is 6.54 Å². The Balaban J connectivity index is 3.21. The van der Waals surface area contributed by atoms with Crippen LogP contribution in [0.1, 0.15) is 96.8 Å². The van der Waals surface area contributed by atoms with Gasteiger partial charge >= 0.3 is 5.97 Å². The zero-order valence-electron chi connectivity index (χ0n) is 16.6. The smallest absolute Gasteiger partial charge is 0.319 e. The molecule has 4 nitrogen and oxygen atoms in total. The average molecular weight is 343 g/mol. The normalized spacial score (nSPS) is 11.5. The topological polar surface area (TPSA) is 43.8 Å². The zero-order chi connectivity index (χ0) is 18.0. The summed E-state index contributed by atoms with van der Waals surface area (Å²) in [4.78, 5) is 10.6. The Morgan fingerprint density at radius 3 is 1.42 bits per heavy atom. The number of carboxylic acid groups (broad SMARTS) is 1. The van der Waals surface area contributed by atoms with Crippen LogP contribution in [0.25, 0.3) is 0 Å². The van der Waals surface area contributed by atoms with E-state index in [2.05, 4.69) is 6.92 Å². The molecule has 0 aromatic rings. The molecule has 0 spiro atoms. The maximum atomic E-state index is 10.6. The summed E-state index contributed by atoms with van der Waals surface area (Å²) >= 11 is 0. The van der Waals surface area contributed by atoms with Crippen molar-refractivity contribution >= 4 is 5.97 Å². The first kappa shape index (κ1) is 23.4. The number of rotatable bonds is 18. The molecule has 24 heavy (non-hydrogen) atoms. The third-order valence-corrected chi connectivity index (χ3v) is 4.78. The molecule has 1 N–H and O–H groups in total. The van der Waals surface area contributed by atoms with Gasteiger partial charge in [0, 0.05) is 20.6 Å². The number of hydrogen-bond donors (Lipinski definition) is 1. The molecule has 0 amide bonds. The van der Waals surface area contributed by atoms with Crippen molar-refractivity contribution in [1.29, 1.82) is 0 Å². The summed E-state index contributed by atoms with van der Waals surface area (Å²) in [6, 6.07) is 0. The summed E-state index contributed by atoms with van der Waals surface area (Å²) in [5.41, 5.74) is 0. The van der Waals surface area contributed by atoms with Crippen LogP contribution in [-0.2, 0) is 4.79 Å². The summed E-state index contributed by atoms with van der Waals surface area (Å²) in [5.74, 6) is -0.773. The number of carbonyl (C=O) groups is 1. The van der Waals surface area contributed by atoms with E-state index in [0.29, 0.717) is 0 Å². The van der Waals surface area contributed by atoms with Crippen molar-refractivity contribution in [2.24, 2.45) is 0 Å². The largest absolute Gasteiger partial charge is 0.480 e. The molecule has 0 fully saturated rings. The second kappa shape index (κ2) is 17.2. The van der Waals surface area contributed by atoms with Crippen molar-refractivity contribution < 1.29 is 9.90 Å². The van der Waals surface area contributed by atoms with E-state index in [0.717, 1.165) is 13.0 Å². The first-order valence-electron chi connectivity index (χ1n) is 10.2. The van der Waals surface area contributed by atoms with Crippen LogP contribution in [0.2, 0.25) is 0 Å². The quantitative estimate of drug-likeness (QED) is 0.270. The van der Waals surface area contributed by atoms with E-state index < -0.39 is 5.97 Å². The fourth-order valence-electron chi connectivity index (χ4n) is 3.02. The minimum Gasteiger partial charge on any atom is -0.480 e. The lowest BCUT2D eigenvalue weighted by molar-refractivity contribution is -0.142. The Kier molecular flexibility index (Phi) is 16.8. The van der Waals surface area contributed by atoms with Gasteiger partial charge in [-0.05, 0) is 6.42 Å². The molecule has 0 rings (SSSR count). The molecule has 0 aromatic carbocycles. The van der Waals surface area contributed by atoms with Gasteiger partial charge in [-0.3, -0.25) is 4.79 Å². The molecule has 0 bridgehead atoms. The van der Waals surface area contributed by atoms with Crippen LogP contribution in [0.3, 0.4) is 0 Å². The van der Waals surface area contributed by atoms with E-state index in [4.69, 9.17) is 5.11 Å². The monoisotopic (exact) mass is 342 g/mol. The Bertz CT molecular complexity index is 285. The molecule has 0 radical (unpaired) electrons. The van der Waals surface area contributed by atoms with E-state index in [-0.39, 0.29) is 6.54 Å². The van der Waals surface area contributed by atoms with Crippen molar-refractivity contribution in [3.8, 4) is 0 Å². The van der Waals surface area contributed by atoms with Crippen LogP contribution in [0.15, 0.2) is 0 Å². The van der Waals surface area contributed by atoms with Gasteiger partial charge in [-0.15, -0.1) is 0 Å². The van der Waals surface area contributed by atoms with Crippen LogP contribution in [0.4, 0.5) is 0 Å². The van der Waals surface area contributed by atoms with E-state index in [1.807, 2.05) is 19.1 Å². The van der Waals surface area contributed by atoms with Gasteiger partial charge in [0.05, 0.1) is 0 Å². The number of hydrogen-bond acceptors (Lipinski definition) is 3. The van der Waals surface area contributed by atoms with E-state index in [1.54, 1.807) is 5.01 Å². The zero-order valence-corrected chi connectivity index (χ0v) is 16.6. The number of aliphatic carboxylic acids is 1. The number of likely N-dealkylation sites (N-methyl/N-ethyl adjacent to an activating group) is 1. The molecule has 0 aliphatic carbocycles. The van der Waals surface area contributed by atoms with Crippen molar-refractivity contribution in [3.63, 3.8) is 0 Å². The minimum absolute atomic E-state index is 0.0785. The molecule has 0 heterocycles. The third-order valence-electron chi connectivity index (χ3n) is 4.78. The predicted octanol–water partition coefficient (Wildman–Crippen LogP) is 5.33. The van der Waals surface area contributed by atoms with Crippen molar-refractivity contribution in [3.05, 3.63) is 0 Å². The maximum absolute atomic E-state index is 10.6. The summed E-state index contributed by atoms with van der Waals surface area (Å²) < 4.78 is 0. The fourth-order valence-corrected chi connectivity index (χ4v) is 3.02. The van der Waals surface area contributed by atoms with Gasteiger partial charge in [-0.1, -0.05) is 90.4 Å². The Morgan fingerprint density at radius 2 is 1.04 bits per heavy atom. The summed E-state index contributed by atoms with van der Waals surface area (Å²) in [6.45, 7) is 3.30. The Hall–Kier alpha value is -0.610. The second-order valence-electron chi connectivity index (χ2n) is 7.19. The van der Waals surface area contributed by atoms with Crippen LogP contribution in [0, 0.1) is 0 Å². The lowest BCUT2D eigenvalue weighted by Gasteiger charge is -2.26. The van der Waals surface area contributed by atoms with E-state index in [1.165, 1.54) is 83.5 Å². The summed E-state index contributed by atoms with van der Waals surface area (Å²) in [6.07, 6.45) is 19.2. The first-order chi connectivity index (χ1) is 11.6. The molecular formula is C20H42N2O2. The van der Waals surface area contributed by atoms with Crippen LogP contribution >= 0.6 is 0 Å². The molecule has 0 aliphatic rings. The highest BCUT2D eigenvalue weighted by Crippen LogP contribution is 2.13. The van der Waals surface area contributed by atoms with Crippen LogP contribution in [-0.4, -0.2) is 48.3 Å². The molecule has 144 valence electrons.